The van der Waals surface area contributed by atoms with Crippen molar-refractivity contribution in [2.24, 2.45) is 0 Å². The van der Waals surface area contributed by atoms with E-state index in [0.29, 0.717) is 18.7 Å². The molecule has 0 unspecified atom stereocenters. The van der Waals surface area contributed by atoms with Crippen molar-refractivity contribution in [2.45, 2.75) is 38.7 Å². The van der Waals surface area contributed by atoms with E-state index >= 15 is 0 Å². The molecule has 6 heteroatoms. The second-order valence-corrected chi connectivity index (χ2v) is 7.52. The van der Waals surface area contributed by atoms with Crippen LogP contribution in [0.4, 0.5) is 9.18 Å². The minimum Gasteiger partial charge on any atom is -0.444 e. The Morgan fingerprint density at radius 3 is 2.56 bits per heavy atom. The smallest absolute Gasteiger partial charge is 0.407 e. The van der Waals surface area contributed by atoms with Crippen molar-refractivity contribution in [1.29, 1.82) is 0 Å². The Kier molecular flexibility index (Phi) is 5.50. The van der Waals surface area contributed by atoms with Gasteiger partial charge in [-0.2, -0.15) is 0 Å². The number of likely N-dealkylation sites (tertiary alicyclic amines) is 1. The van der Waals surface area contributed by atoms with Crippen molar-refractivity contribution in [3.63, 3.8) is 0 Å². The van der Waals surface area contributed by atoms with Gasteiger partial charge in [-0.05, 0) is 32.4 Å². The molecule has 1 N–H and O–H groups in total. The number of carbonyl (C=O) groups is 2. The van der Waals surface area contributed by atoms with Gasteiger partial charge in [-0.3, -0.25) is 4.79 Å². The van der Waals surface area contributed by atoms with E-state index in [1.54, 1.807) is 49.9 Å². The predicted octanol–water partition coefficient (Wildman–Crippen LogP) is 3.01. The molecule has 0 atom stereocenters. The third kappa shape index (κ3) is 5.05. The van der Waals surface area contributed by atoms with Crippen molar-refractivity contribution in [3.05, 3.63) is 47.8 Å². The third-order valence-electron chi connectivity index (χ3n) is 3.94. The molecule has 1 saturated heterocycles. The van der Waals surface area contributed by atoms with Crippen LogP contribution in [0.15, 0.2) is 36.4 Å². The Bertz CT molecular complexity index is 673. The molecule has 0 aliphatic carbocycles. The summed E-state index contributed by atoms with van der Waals surface area (Å²) in [6.45, 7) is 8.43. The zero-order chi connectivity index (χ0) is 18.7. The first-order chi connectivity index (χ1) is 11.6. The molecule has 0 saturated carbocycles. The highest BCUT2D eigenvalue weighted by atomic mass is 19.1. The molecule has 1 aromatic rings. The van der Waals surface area contributed by atoms with Gasteiger partial charge in [0.15, 0.2) is 0 Å². The average molecular weight is 348 g/mol. The average Bonchev–Trinajstić information content (AvgIpc) is 2.47. The minimum atomic E-state index is -0.557. The SMILES string of the molecule is CC(C)(C)OC(=O)NC/C=C/C(=O)N1CC(C)(c2ccccc2F)C1. The molecule has 5 nitrogen and oxygen atoms in total. The molecule has 0 radical (unpaired) electrons. The van der Waals surface area contributed by atoms with E-state index in [1.807, 2.05) is 6.92 Å². The normalized spacial score (nSPS) is 16.4. The van der Waals surface area contributed by atoms with Crippen LogP contribution in [-0.4, -0.2) is 42.1 Å². The van der Waals surface area contributed by atoms with E-state index < -0.39 is 11.7 Å². The number of nitrogens with one attached hydrogen (secondary N) is 1. The molecule has 0 bridgehead atoms. The monoisotopic (exact) mass is 348 g/mol. The van der Waals surface area contributed by atoms with Gasteiger partial charge in [-0.25, -0.2) is 9.18 Å². The lowest BCUT2D eigenvalue weighted by atomic mass is 9.75. The van der Waals surface area contributed by atoms with Crippen molar-refractivity contribution in [3.8, 4) is 0 Å². The Labute approximate surface area is 147 Å². The van der Waals surface area contributed by atoms with Crippen molar-refractivity contribution in [2.75, 3.05) is 19.6 Å². The van der Waals surface area contributed by atoms with E-state index in [9.17, 15) is 14.0 Å². The first-order valence-corrected chi connectivity index (χ1v) is 8.28. The molecule has 25 heavy (non-hydrogen) atoms. The van der Waals surface area contributed by atoms with E-state index in [0.717, 1.165) is 0 Å². The molecule has 1 fully saturated rings. The maximum Gasteiger partial charge on any atom is 0.407 e. The van der Waals surface area contributed by atoms with Crippen LogP contribution < -0.4 is 5.32 Å². The first-order valence-electron chi connectivity index (χ1n) is 8.28. The Morgan fingerprint density at radius 1 is 1.32 bits per heavy atom. The fraction of sp³-hybridized carbons (Fsp3) is 0.474. The highest BCUT2D eigenvalue weighted by molar-refractivity contribution is 5.88. The summed E-state index contributed by atoms with van der Waals surface area (Å²) in [4.78, 5) is 25.2. The molecule has 1 aliphatic rings. The number of alkyl carbamates (subject to hydrolysis) is 1. The number of ether oxygens (including phenoxy) is 1. The van der Waals surface area contributed by atoms with Crippen LogP contribution in [-0.2, 0) is 14.9 Å². The largest absolute Gasteiger partial charge is 0.444 e. The second-order valence-electron chi connectivity index (χ2n) is 7.52. The van der Waals surface area contributed by atoms with Crippen molar-refractivity contribution >= 4 is 12.0 Å². The van der Waals surface area contributed by atoms with Crippen molar-refractivity contribution in [1.82, 2.24) is 10.2 Å². The number of halogens is 1. The molecular weight excluding hydrogens is 323 g/mol. The lowest BCUT2D eigenvalue weighted by Gasteiger charge is -2.48. The molecule has 1 heterocycles. The summed E-state index contributed by atoms with van der Waals surface area (Å²) in [5, 5.41) is 2.55. The van der Waals surface area contributed by atoms with Crippen LogP contribution in [0.2, 0.25) is 0 Å². The van der Waals surface area contributed by atoms with Crippen LogP contribution >= 0.6 is 0 Å². The van der Waals surface area contributed by atoms with Crippen LogP contribution in [0.25, 0.3) is 0 Å². The molecule has 0 aromatic heterocycles. The summed E-state index contributed by atoms with van der Waals surface area (Å²) >= 11 is 0. The highest BCUT2D eigenvalue weighted by Crippen LogP contribution is 2.35. The number of hydrogen-bond donors (Lipinski definition) is 1. The number of hydrogen-bond acceptors (Lipinski definition) is 3. The summed E-state index contributed by atoms with van der Waals surface area (Å²) in [5.41, 5.74) is -0.281. The van der Waals surface area contributed by atoms with Gasteiger partial charge in [-0.15, -0.1) is 0 Å². The maximum absolute atomic E-state index is 13.9. The van der Waals surface area contributed by atoms with Gasteiger partial charge in [0.05, 0.1) is 0 Å². The topological polar surface area (TPSA) is 58.6 Å². The zero-order valence-corrected chi connectivity index (χ0v) is 15.1. The van der Waals surface area contributed by atoms with Crippen LogP contribution in [0, 0.1) is 5.82 Å². The summed E-state index contributed by atoms with van der Waals surface area (Å²) in [5.74, 6) is -0.394. The fourth-order valence-electron chi connectivity index (χ4n) is 2.79. The lowest BCUT2D eigenvalue weighted by Crippen LogP contribution is -2.59. The van der Waals surface area contributed by atoms with E-state index in [2.05, 4.69) is 5.32 Å². The van der Waals surface area contributed by atoms with Crippen molar-refractivity contribution < 1.29 is 18.7 Å². The van der Waals surface area contributed by atoms with Gasteiger partial charge in [0.1, 0.15) is 11.4 Å². The maximum atomic E-state index is 13.9. The number of rotatable bonds is 4. The standard InChI is InChI=1S/C19H25FN2O3/c1-18(2,3)25-17(24)21-11-7-10-16(23)22-12-19(4,13-22)14-8-5-6-9-15(14)20/h5-10H,11-13H2,1-4H3,(H,21,24)/b10-7+. The van der Waals surface area contributed by atoms with Gasteiger partial charge >= 0.3 is 6.09 Å². The van der Waals surface area contributed by atoms with Gasteiger partial charge in [0, 0.05) is 31.1 Å². The number of amides is 2. The number of carbonyl (C=O) groups excluding carboxylic acids is 2. The highest BCUT2D eigenvalue weighted by Gasteiger charge is 2.43. The molecule has 2 rings (SSSR count). The zero-order valence-electron chi connectivity index (χ0n) is 15.1. The summed E-state index contributed by atoms with van der Waals surface area (Å²) in [7, 11) is 0. The van der Waals surface area contributed by atoms with Crippen LogP contribution in [0.3, 0.4) is 0 Å². The van der Waals surface area contributed by atoms with Crippen LogP contribution in [0.5, 0.6) is 0 Å². The number of benzene rings is 1. The van der Waals surface area contributed by atoms with E-state index in [-0.39, 0.29) is 23.7 Å². The van der Waals surface area contributed by atoms with E-state index in [1.165, 1.54) is 12.1 Å². The molecule has 1 aromatic carbocycles. The summed E-state index contributed by atoms with van der Waals surface area (Å²) in [6, 6.07) is 6.66. The second kappa shape index (κ2) is 7.25. The number of nitrogens with zero attached hydrogens (tertiary/aromatic N) is 1. The lowest BCUT2D eigenvalue weighted by molar-refractivity contribution is -0.133. The quantitative estimate of drug-likeness (QED) is 0.851. The molecular formula is C19H25FN2O3. The predicted molar refractivity (Wildman–Crippen MR) is 93.7 cm³/mol. The molecule has 1 aliphatic heterocycles. The molecule has 2 amide bonds. The van der Waals surface area contributed by atoms with E-state index in [4.69, 9.17) is 4.74 Å². The summed E-state index contributed by atoms with van der Waals surface area (Å²) in [6.07, 6.45) is 2.46. The first kappa shape index (κ1) is 19.0. The fourth-order valence-corrected chi connectivity index (χ4v) is 2.79. The minimum absolute atomic E-state index is 0.153. The molecule has 136 valence electrons. The van der Waals surface area contributed by atoms with Crippen LogP contribution in [0.1, 0.15) is 33.3 Å². The van der Waals surface area contributed by atoms with Gasteiger partial charge < -0.3 is 15.0 Å². The van der Waals surface area contributed by atoms with Gasteiger partial charge in [-0.1, -0.05) is 31.2 Å². The summed E-state index contributed by atoms with van der Waals surface area (Å²) < 4.78 is 19.0. The van der Waals surface area contributed by atoms with Gasteiger partial charge in [0.25, 0.3) is 0 Å². The third-order valence-corrected chi connectivity index (χ3v) is 3.94. The Balaban J connectivity index is 1.78. The Hall–Kier alpha value is -2.37. The molecule has 0 spiro atoms. The Morgan fingerprint density at radius 2 is 1.96 bits per heavy atom. The van der Waals surface area contributed by atoms with Gasteiger partial charge in [0.2, 0.25) is 5.91 Å².